The Morgan fingerprint density at radius 3 is 2.63 bits per heavy atom. The Morgan fingerprint density at radius 2 is 2.00 bits per heavy atom. The molecule has 2 aromatic rings. The summed E-state index contributed by atoms with van der Waals surface area (Å²) in [6.45, 7) is 1.08. The average molecular weight is 396 g/mol. The van der Waals surface area contributed by atoms with Crippen LogP contribution in [0, 0.1) is 5.92 Å². The summed E-state index contributed by atoms with van der Waals surface area (Å²) in [5.41, 5.74) is 1.97. The second-order valence-corrected chi connectivity index (χ2v) is 7.91. The van der Waals surface area contributed by atoms with Crippen LogP contribution in [0.1, 0.15) is 38.7 Å². The quantitative estimate of drug-likeness (QED) is 0.722. The summed E-state index contributed by atoms with van der Waals surface area (Å²) in [5, 5.41) is 7.89. The minimum Gasteiger partial charge on any atom is -0.382 e. The second-order valence-electron chi connectivity index (χ2n) is 7.53. The maximum Gasteiger partial charge on any atom is 0.333 e. The Morgan fingerprint density at radius 1 is 1.22 bits per heavy atom. The van der Waals surface area contributed by atoms with E-state index in [4.69, 9.17) is 11.6 Å². The zero-order valence-electron chi connectivity index (χ0n) is 15.1. The van der Waals surface area contributed by atoms with Crippen molar-refractivity contribution in [3.63, 3.8) is 0 Å². The summed E-state index contributed by atoms with van der Waals surface area (Å²) in [4.78, 5) is 6.65. The Bertz CT molecular complexity index is 769. The van der Waals surface area contributed by atoms with Crippen LogP contribution in [0.5, 0.6) is 0 Å². The molecule has 8 heteroatoms. The number of hydrogen-bond donors (Lipinski definition) is 1. The van der Waals surface area contributed by atoms with Gasteiger partial charge < -0.3 is 10.2 Å². The normalized spacial score (nSPS) is 23.4. The van der Waals surface area contributed by atoms with Gasteiger partial charge in [-0.3, -0.25) is 0 Å². The first kappa shape index (κ1) is 18.6. The highest BCUT2D eigenvalue weighted by Gasteiger charge is 2.25. The van der Waals surface area contributed by atoms with Crippen molar-refractivity contribution < 1.29 is 8.78 Å². The molecule has 5 nitrogen and oxygen atoms in total. The number of hydrogen-bond acceptors (Lipinski definition) is 4. The lowest BCUT2D eigenvalue weighted by atomic mass is 9.85. The molecule has 2 aliphatic rings. The van der Waals surface area contributed by atoms with E-state index < -0.39 is 6.55 Å². The van der Waals surface area contributed by atoms with Gasteiger partial charge in [-0.2, -0.15) is 13.9 Å². The van der Waals surface area contributed by atoms with Crippen LogP contribution in [-0.4, -0.2) is 45.3 Å². The smallest absolute Gasteiger partial charge is 0.333 e. The zero-order chi connectivity index (χ0) is 18.8. The molecule has 0 bridgehead atoms. The molecule has 1 saturated heterocycles. The molecule has 1 aliphatic heterocycles. The number of pyridine rings is 1. The predicted molar refractivity (Wildman–Crippen MR) is 102 cm³/mol. The fourth-order valence-electron chi connectivity index (χ4n) is 3.98. The van der Waals surface area contributed by atoms with Gasteiger partial charge >= 0.3 is 6.55 Å². The van der Waals surface area contributed by atoms with E-state index in [0.717, 1.165) is 24.4 Å². The molecule has 1 N–H and O–H groups in total. The van der Waals surface area contributed by atoms with E-state index >= 15 is 0 Å². The lowest BCUT2D eigenvalue weighted by Crippen LogP contribution is -2.41. The maximum absolute atomic E-state index is 12.8. The van der Waals surface area contributed by atoms with E-state index in [1.165, 1.54) is 45.1 Å². The number of halogens is 3. The highest BCUT2D eigenvalue weighted by atomic mass is 35.5. The van der Waals surface area contributed by atoms with Gasteiger partial charge in [0.05, 0.1) is 5.69 Å². The van der Waals surface area contributed by atoms with Crippen molar-refractivity contribution in [1.82, 2.24) is 19.7 Å². The van der Waals surface area contributed by atoms with Gasteiger partial charge in [0.25, 0.3) is 0 Å². The number of rotatable bonds is 6. The monoisotopic (exact) mass is 395 g/mol. The van der Waals surface area contributed by atoms with Gasteiger partial charge in [-0.25, -0.2) is 9.67 Å². The molecular formula is C19H24ClF2N5. The van der Waals surface area contributed by atoms with Crippen LogP contribution < -0.4 is 5.32 Å². The standard InChI is InChI=1S/C19H24ClF2N5/c20-18-10-17(15(11-23-18)16-6-9-27(25-16)19(21)22)24-14-4-2-13(3-5-14)12-26-7-1-8-26/h6,9-11,13-14,19H,1-5,7-8,12H2,(H,23,24). The number of likely N-dealkylation sites (tertiary alicyclic amines) is 1. The first-order valence-electron chi connectivity index (χ1n) is 9.56. The highest BCUT2D eigenvalue weighted by molar-refractivity contribution is 6.29. The molecule has 146 valence electrons. The number of anilines is 1. The van der Waals surface area contributed by atoms with E-state index in [0.29, 0.717) is 27.1 Å². The lowest BCUT2D eigenvalue weighted by molar-refractivity contribution is 0.0568. The molecule has 27 heavy (non-hydrogen) atoms. The molecule has 1 aliphatic carbocycles. The third kappa shape index (κ3) is 4.41. The molecule has 2 aromatic heterocycles. The van der Waals surface area contributed by atoms with Crippen LogP contribution in [0.15, 0.2) is 24.5 Å². The molecule has 2 fully saturated rings. The Kier molecular flexibility index (Phi) is 5.59. The van der Waals surface area contributed by atoms with E-state index in [2.05, 4.69) is 20.3 Å². The van der Waals surface area contributed by atoms with Gasteiger partial charge in [0.1, 0.15) is 5.15 Å². The molecule has 0 amide bonds. The minimum absolute atomic E-state index is 0.354. The third-order valence-corrected chi connectivity index (χ3v) is 5.83. The molecule has 0 unspecified atom stereocenters. The molecule has 4 rings (SSSR count). The highest BCUT2D eigenvalue weighted by Crippen LogP contribution is 2.33. The van der Waals surface area contributed by atoms with Crippen LogP contribution in [0.3, 0.4) is 0 Å². The van der Waals surface area contributed by atoms with Gasteiger partial charge in [-0.1, -0.05) is 11.6 Å². The summed E-state index contributed by atoms with van der Waals surface area (Å²) >= 11 is 6.08. The van der Waals surface area contributed by atoms with Gasteiger partial charge in [0.2, 0.25) is 0 Å². The predicted octanol–water partition coefficient (Wildman–Crippen LogP) is 4.67. The lowest BCUT2D eigenvalue weighted by Gasteiger charge is -2.37. The van der Waals surface area contributed by atoms with Crippen molar-refractivity contribution in [2.75, 3.05) is 25.0 Å². The topological polar surface area (TPSA) is 46.0 Å². The van der Waals surface area contributed by atoms with Crippen LogP contribution in [0.2, 0.25) is 5.15 Å². The van der Waals surface area contributed by atoms with E-state index in [-0.39, 0.29) is 0 Å². The molecule has 1 saturated carbocycles. The van der Waals surface area contributed by atoms with E-state index in [1.807, 2.05) is 0 Å². The number of nitrogens with zero attached hydrogens (tertiary/aromatic N) is 4. The molecular weight excluding hydrogens is 372 g/mol. The Balaban J connectivity index is 1.43. The number of nitrogens with one attached hydrogen (secondary N) is 1. The second kappa shape index (κ2) is 8.10. The Hall–Kier alpha value is -1.73. The average Bonchev–Trinajstić information content (AvgIpc) is 3.10. The largest absolute Gasteiger partial charge is 0.382 e. The molecule has 0 radical (unpaired) electrons. The first-order chi connectivity index (χ1) is 13.1. The van der Waals surface area contributed by atoms with Gasteiger partial charge in [0, 0.05) is 36.2 Å². The number of alkyl halides is 2. The third-order valence-electron chi connectivity index (χ3n) is 5.63. The fraction of sp³-hybridized carbons (Fsp3) is 0.579. The summed E-state index contributed by atoms with van der Waals surface area (Å²) in [6.07, 6.45) is 8.83. The van der Waals surface area contributed by atoms with Crippen LogP contribution in [0.4, 0.5) is 14.5 Å². The maximum atomic E-state index is 12.8. The SMILES string of the molecule is FC(F)n1ccc(-c2cnc(Cl)cc2NC2CCC(CN3CCC3)CC2)n1. The van der Waals surface area contributed by atoms with Crippen LogP contribution in [-0.2, 0) is 0 Å². The molecule has 0 spiro atoms. The van der Waals surface area contributed by atoms with E-state index in [1.54, 1.807) is 18.3 Å². The first-order valence-corrected chi connectivity index (χ1v) is 9.94. The van der Waals surface area contributed by atoms with Crippen molar-refractivity contribution in [1.29, 1.82) is 0 Å². The molecule has 3 heterocycles. The number of aromatic nitrogens is 3. The van der Waals surface area contributed by atoms with E-state index in [9.17, 15) is 8.78 Å². The van der Waals surface area contributed by atoms with Gasteiger partial charge in [-0.05, 0) is 63.2 Å². The molecule has 0 atom stereocenters. The molecule has 0 aromatic carbocycles. The summed E-state index contributed by atoms with van der Waals surface area (Å²) < 4.78 is 26.3. The summed E-state index contributed by atoms with van der Waals surface area (Å²) in [7, 11) is 0. The zero-order valence-corrected chi connectivity index (χ0v) is 15.9. The van der Waals surface area contributed by atoms with Gasteiger partial charge in [-0.15, -0.1) is 0 Å². The summed E-state index contributed by atoms with van der Waals surface area (Å²) in [6, 6.07) is 3.68. The summed E-state index contributed by atoms with van der Waals surface area (Å²) in [5.74, 6) is 0.783. The van der Waals surface area contributed by atoms with Crippen molar-refractivity contribution >= 4 is 17.3 Å². The van der Waals surface area contributed by atoms with Crippen LogP contribution >= 0.6 is 11.6 Å². The Labute approximate surface area is 162 Å². The van der Waals surface area contributed by atoms with Crippen LogP contribution in [0.25, 0.3) is 11.3 Å². The van der Waals surface area contributed by atoms with Gasteiger partial charge in [0.15, 0.2) is 0 Å². The van der Waals surface area contributed by atoms with Crippen molar-refractivity contribution in [3.05, 3.63) is 29.7 Å². The van der Waals surface area contributed by atoms with Crippen molar-refractivity contribution in [2.45, 2.75) is 44.7 Å². The minimum atomic E-state index is -2.66. The fourth-order valence-corrected chi connectivity index (χ4v) is 4.14. The van der Waals surface area contributed by atoms with Crippen molar-refractivity contribution in [3.8, 4) is 11.3 Å². The van der Waals surface area contributed by atoms with Crippen molar-refractivity contribution in [2.24, 2.45) is 5.92 Å².